The third kappa shape index (κ3) is 2.83. The minimum atomic E-state index is -0.0618. The van der Waals surface area contributed by atoms with Crippen LogP contribution in [-0.4, -0.2) is 42.0 Å². The molecule has 0 aliphatic carbocycles. The lowest BCUT2D eigenvalue weighted by Gasteiger charge is -2.29. The summed E-state index contributed by atoms with van der Waals surface area (Å²) >= 11 is 0. The second kappa shape index (κ2) is 5.69. The molecule has 1 saturated heterocycles. The molecule has 0 spiro atoms. The largest absolute Gasteiger partial charge is 0.383 e. The smallest absolute Gasteiger partial charge is 0.253 e. The summed E-state index contributed by atoms with van der Waals surface area (Å²) < 4.78 is 0. The molecule has 0 saturated carbocycles. The summed E-state index contributed by atoms with van der Waals surface area (Å²) in [5, 5.41) is 4.81. The van der Waals surface area contributed by atoms with Crippen LogP contribution in [0.2, 0.25) is 0 Å². The van der Waals surface area contributed by atoms with E-state index in [1.807, 2.05) is 24.3 Å². The number of rotatable bonds is 2. The molecule has 3 N–H and O–H groups in total. The van der Waals surface area contributed by atoms with E-state index in [1.54, 1.807) is 6.20 Å². The fraction of sp³-hybridized carbons (Fsp3) is 0.375. The van der Waals surface area contributed by atoms with Crippen LogP contribution in [0.15, 0.2) is 30.5 Å². The molecule has 0 atom stereocenters. The number of aromatic nitrogens is 1. The summed E-state index contributed by atoms with van der Waals surface area (Å²) in [6, 6.07) is 7.86. The molecule has 5 nitrogen and oxygen atoms in total. The number of carbonyl (C=O) groups excluding carboxylic acids is 1. The van der Waals surface area contributed by atoms with E-state index in [0.29, 0.717) is 11.4 Å². The van der Waals surface area contributed by atoms with Crippen molar-refractivity contribution < 1.29 is 4.79 Å². The average molecular weight is 284 g/mol. The first kappa shape index (κ1) is 13.8. The maximum atomic E-state index is 12.5. The van der Waals surface area contributed by atoms with E-state index in [9.17, 15) is 4.79 Å². The molecule has 1 aromatic carbocycles. The number of amides is 1. The molecule has 3 rings (SSSR count). The van der Waals surface area contributed by atoms with Gasteiger partial charge >= 0.3 is 0 Å². The molecule has 2 aromatic rings. The SMILES string of the molecule is CN1CCC(NC(=O)c2cnc(N)c3ccccc23)CC1. The van der Waals surface area contributed by atoms with Crippen molar-refractivity contribution in [3.05, 3.63) is 36.0 Å². The fourth-order valence-corrected chi connectivity index (χ4v) is 2.81. The van der Waals surface area contributed by atoms with Crippen LogP contribution in [0.3, 0.4) is 0 Å². The number of nitrogen functional groups attached to an aromatic ring is 1. The van der Waals surface area contributed by atoms with Gasteiger partial charge in [-0.05, 0) is 38.4 Å². The lowest BCUT2D eigenvalue weighted by atomic mass is 10.0. The number of carbonyl (C=O) groups is 1. The predicted molar refractivity (Wildman–Crippen MR) is 84.1 cm³/mol. The number of hydrogen-bond donors (Lipinski definition) is 2. The van der Waals surface area contributed by atoms with Gasteiger partial charge in [0, 0.05) is 17.6 Å². The van der Waals surface area contributed by atoms with Crippen molar-refractivity contribution in [2.45, 2.75) is 18.9 Å². The number of hydrogen-bond acceptors (Lipinski definition) is 4. The van der Waals surface area contributed by atoms with Crippen LogP contribution in [-0.2, 0) is 0 Å². The second-order valence-electron chi connectivity index (χ2n) is 5.65. The van der Waals surface area contributed by atoms with Gasteiger partial charge in [0.05, 0.1) is 5.56 Å². The number of pyridine rings is 1. The highest BCUT2D eigenvalue weighted by Crippen LogP contribution is 2.22. The van der Waals surface area contributed by atoms with Crippen LogP contribution in [0, 0.1) is 0 Å². The van der Waals surface area contributed by atoms with Crippen LogP contribution in [0.25, 0.3) is 10.8 Å². The maximum absolute atomic E-state index is 12.5. The molecule has 5 heteroatoms. The molecule has 110 valence electrons. The molecule has 0 bridgehead atoms. The molecule has 21 heavy (non-hydrogen) atoms. The molecular formula is C16H20N4O. The van der Waals surface area contributed by atoms with E-state index < -0.39 is 0 Å². The van der Waals surface area contributed by atoms with Gasteiger partial charge < -0.3 is 16.0 Å². The molecular weight excluding hydrogens is 264 g/mol. The molecule has 2 heterocycles. The summed E-state index contributed by atoms with van der Waals surface area (Å²) in [6.07, 6.45) is 3.55. The Labute approximate surface area is 124 Å². The molecule has 1 aliphatic rings. The van der Waals surface area contributed by atoms with E-state index in [1.165, 1.54) is 0 Å². The van der Waals surface area contributed by atoms with Crippen molar-refractivity contribution in [1.29, 1.82) is 0 Å². The van der Waals surface area contributed by atoms with E-state index in [2.05, 4.69) is 22.2 Å². The summed E-state index contributed by atoms with van der Waals surface area (Å²) in [5.74, 6) is 0.398. The summed E-state index contributed by atoms with van der Waals surface area (Å²) in [6.45, 7) is 2.04. The van der Waals surface area contributed by atoms with E-state index in [0.717, 1.165) is 36.7 Å². The zero-order valence-electron chi connectivity index (χ0n) is 12.2. The molecule has 0 radical (unpaired) electrons. The van der Waals surface area contributed by atoms with E-state index >= 15 is 0 Å². The van der Waals surface area contributed by atoms with E-state index in [4.69, 9.17) is 5.73 Å². The topological polar surface area (TPSA) is 71.2 Å². The van der Waals surface area contributed by atoms with Crippen molar-refractivity contribution in [2.75, 3.05) is 25.9 Å². The van der Waals surface area contributed by atoms with Crippen molar-refractivity contribution in [3.8, 4) is 0 Å². The van der Waals surface area contributed by atoms with Crippen LogP contribution in [0.5, 0.6) is 0 Å². The van der Waals surface area contributed by atoms with Crippen molar-refractivity contribution in [2.24, 2.45) is 0 Å². The minimum Gasteiger partial charge on any atom is -0.383 e. The molecule has 1 aliphatic heterocycles. The normalized spacial score (nSPS) is 17.0. The van der Waals surface area contributed by atoms with Gasteiger partial charge in [0.1, 0.15) is 5.82 Å². The summed E-state index contributed by atoms with van der Waals surface area (Å²) in [7, 11) is 2.11. The first-order chi connectivity index (χ1) is 10.1. The minimum absolute atomic E-state index is 0.0618. The lowest BCUT2D eigenvalue weighted by Crippen LogP contribution is -2.43. The summed E-state index contributed by atoms with van der Waals surface area (Å²) in [5.41, 5.74) is 6.47. The molecule has 0 unspecified atom stereocenters. The standard InChI is InChI=1S/C16H20N4O/c1-20-8-6-11(7-9-20)19-16(21)14-10-18-15(17)13-5-3-2-4-12(13)14/h2-5,10-11H,6-9H2,1H3,(H2,17,18)(H,19,21). The predicted octanol–water partition coefficient (Wildman–Crippen LogP) is 1.64. The lowest BCUT2D eigenvalue weighted by molar-refractivity contribution is 0.0918. The van der Waals surface area contributed by atoms with Gasteiger partial charge in [-0.3, -0.25) is 4.79 Å². The Morgan fingerprint density at radius 1 is 1.29 bits per heavy atom. The van der Waals surface area contributed by atoms with Gasteiger partial charge in [-0.2, -0.15) is 0 Å². The zero-order chi connectivity index (χ0) is 14.8. The van der Waals surface area contributed by atoms with Gasteiger partial charge in [-0.1, -0.05) is 24.3 Å². The highest BCUT2D eigenvalue weighted by atomic mass is 16.1. The maximum Gasteiger partial charge on any atom is 0.253 e. The van der Waals surface area contributed by atoms with Crippen LogP contribution >= 0.6 is 0 Å². The highest BCUT2D eigenvalue weighted by molar-refractivity contribution is 6.09. The van der Waals surface area contributed by atoms with Crippen molar-refractivity contribution in [3.63, 3.8) is 0 Å². The van der Waals surface area contributed by atoms with Crippen LogP contribution in [0.4, 0.5) is 5.82 Å². The first-order valence-electron chi connectivity index (χ1n) is 7.28. The Morgan fingerprint density at radius 2 is 1.95 bits per heavy atom. The number of likely N-dealkylation sites (tertiary alicyclic amines) is 1. The van der Waals surface area contributed by atoms with Crippen molar-refractivity contribution >= 4 is 22.5 Å². The Bertz CT molecular complexity index is 662. The third-order valence-electron chi connectivity index (χ3n) is 4.12. The van der Waals surface area contributed by atoms with Gasteiger partial charge in [0.2, 0.25) is 0 Å². The third-order valence-corrected chi connectivity index (χ3v) is 4.12. The molecule has 1 aromatic heterocycles. The molecule has 1 fully saturated rings. The number of nitrogens with zero attached hydrogens (tertiary/aromatic N) is 2. The quantitative estimate of drug-likeness (QED) is 0.879. The summed E-state index contributed by atoms with van der Waals surface area (Å²) in [4.78, 5) is 18.9. The van der Waals surface area contributed by atoms with Crippen LogP contribution < -0.4 is 11.1 Å². The number of piperidine rings is 1. The Kier molecular flexibility index (Phi) is 3.75. The first-order valence-corrected chi connectivity index (χ1v) is 7.28. The Balaban J connectivity index is 1.83. The average Bonchev–Trinajstić information content (AvgIpc) is 2.50. The highest BCUT2D eigenvalue weighted by Gasteiger charge is 2.20. The fourth-order valence-electron chi connectivity index (χ4n) is 2.81. The number of nitrogens with two attached hydrogens (primary N) is 1. The van der Waals surface area contributed by atoms with Gasteiger partial charge in [-0.15, -0.1) is 0 Å². The van der Waals surface area contributed by atoms with Crippen molar-refractivity contribution in [1.82, 2.24) is 15.2 Å². The van der Waals surface area contributed by atoms with Crippen LogP contribution in [0.1, 0.15) is 23.2 Å². The second-order valence-corrected chi connectivity index (χ2v) is 5.65. The Morgan fingerprint density at radius 3 is 2.67 bits per heavy atom. The van der Waals surface area contributed by atoms with Gasteiger partial charge in [0.25, 0.3) is 5.91 Å². The van der Waals surface area contributed by atoms with Gasteiger partial charge in [0.15, 0.2) is 0 Å². The van der Waals surface area contributed by atoms with Gasteiger partial charge in [-0.25, -0.2) is 4.98 Å². The number of nitrogens with one attached hydrogen (secondary N) is 1. The molecule has 1 amide bonds. The van der Waals surface area contributed by atoms with E-state index in [-0.39, 0.29) is 11.9 Å². The Hall–Kier alpha value is -2.14. The number of anilines is 1. The monoisotopic (exact) mass is 284 g/mol. The zero-order valence-corrected chi connectivity index (χ0v) is 12.2. The number of fused-ring (bicyclic) bond motifs is 1. The number of benzene rings is 1.